The van der Waals surface area contributed by atoms with Gasteiger partial charge in [-0.1, -0.05) is 30.3 Å². The molecule has 1 atom stereocenters. The quantitative estimate of drug-likeness (QED) is 0.679. The first-order chi connectivity index (χ1) is 12.1. The van der Waals surface area contributed by atoms with Crippen molar-refractivity contribution in [3.8, 4) is 5.75 Å². The van der Waals surface area contributed by atoms with Crippen molar-refractivity contribution in [2.24, 2.45) is 0 Å². The molecule has 0 saturated heterocycles. The minimum absolute atomic E-state index is 0.0604. The number of hydrogen-bond acceptors (Lipinski definition) is 3. The molecule has 2 aromatic carbocycles. The summed E-state index contributed by atoms with van der Waals surface area (Å²) in [6.07, 6.45) is 0. The van der Waals surface area contributed by atoms with E-state index in [0.29, 0.717) is 17.2 Å². The van der Waals surface area contributed by atoms with Crippen molar-refractivity contribution in [2.75, 3.05) is 0 Å². The van der Waals surface area contributed by atoms with Crippen LogP contribution in [-0.4, -0.2) is 5.91 Å². The van der Waals surface area contributed by atoms with Crippen LogP contribution in [0.3, 0.4) is 0 Å². The Bertz CT molecular complexity index is 830. The highest BCUT2D eigenvalue weighted by molar-refractivity contribution is 7.12. The van der Waals surface area contributed by atoms with Gasteiger partial charge in [-0.2, -0.15) is 0 Å². The lowest BCUT2D eigenvalue weighted by molar-refractivity contribution is 0.0944. The maximum Gasteiger partial charge on any atom is 0.261 e. The first-order valence-electron chi connectivity index (χ1n) is 7.93. The van der Waals surface area contributed by atoms with Crippen molar-refractivity contribution in [3.05, 3.63) is 87.9 Å². The molecule has 1 aromatic heterocycles. The van der Waals surface area contributed by atoms with Gasteiger partial charge >= 0.3 is 0 Å². The molecular formula is C20H18FNO2S. The SMILES string of the molecule is CC(NC(=O)c1cc(COc2ccc(F)cc2)cs1)c1ccccc1. The van der Waals surface area contributed by atoms with E-state index in [1.165, 1.54) is 23.5 Å². The second kappa shape index (κ2) is 7.94. The van der Waals surface area contributed by atoms with Gasteiger partial charge in [-0.25, -0.2) is 4.39 Å². The molecule has 1 N–H and O–H groups in total. The van der Waals surface area contributed by atoms with E-state index in [1.54, 1.807) is 12.1 Å². The Kier molecular flexibility index (Phi) is 5.46. The van der Waals surface area contributed by atoms with Crippen molar-refractivity contribution in [1.29, 1.82) is 0 Å². The standard InChI is InChI=1S/C20H18FNO2S/c1-14(16-5-3-2-4-6-16)22-20(23)19-11-15(13-25-19)12-24-18-9-7-17(21)8-10-18/h2-11,13-14H,12H2,1H3,(H,22,23). The molecule has 0 bridgehead atoms. The number of carbonyl (C=O) groups excluding carboxylic acids is 1. The molecule has 0 radical (unpaired) electrons. The normalized spacial score (nSPS) is 11.8. The largest absolute Gasteiger partial charge is 0.489 e. The number of nitrogens with one attached hydrogen (secondary N) is 1. The third-order valence-corrected chi connectivity index (χ3v) is 4.72. The third-order valence-electron chi connectivity index (χ3n) is 3.74. The smallest absolute Gasteiger partial charge is 0.261 e. The first kappa shape index (κ1) is 17.2. The van der Waals surface area contributed by atoms with Crippen LogP contribution in [0.25, 0.3) is 0 Å². The summed E-state index contributed by atoms with van der Waals surface area (Å²) in [5.41, 5.74) is 1.97. The molecule has 0 spiro atoms. The summed E-state index contributed by atoms with van der Waals surface area (Å²) in [7, 11) is 0. The van der Waals surface area contributed by atoms with Crippen molar-refractivity contribution >= 4 is 17.2 Å². The Balaban J connectivity index is 1.57. The van der Waals surface area contributed by atoms with Crippen LogP contribution in [0.4, 0.5) is 4.39 Å². The third kappa shape index (κ3) is 4.67. The zero-order valence-corrected chi connectivity index (χ0v) is 14.6. The topological polar surface area (TPSA) is 38.3 Å². The maximum atomic E-state index is 12.9. The Morgan fingerprint density at radius 1 is 1.16 bits per heavy atom. The predicted octanol–water partition coefficient (Wildman–Crippen LogP) is 4.96. The van der Waals surface area contributed by atoms with Gasteiger partial charge in [0.1, 0.15) is 18.2 Å². The van der Waals surface area contributed by atoms with Crippen molar-refractivity contribution in [3.63, 3.8) is 0 Å². The van der Waals surface area contributed by atoms with E-state index < -0.39 is 0 Å². The average Bonchev–Trinajstić information content (AvgIpc) is 3.11. The Morgan fingerprint density at radius 2 is 1.88 bits per heavy atom. The van der Waals surface area contributed by atoms with Crippen LogP contribution < -0.4 is 10.1 Å². The Hall–Kier alpha value is -2.66. The summed E-state index contributed by atoms with van der Waals surface area (Å²) >= 11 is 1.38. The molecule has 5 heteroatoms. The second-order valence-corrected chi connectivity index (χ2v) is 6.58. The molecule has 0 aliphatic rings. The number of ether oxygens (including phenoxy) is 1. The van der Waals surface area contributed by atoms with Crippen molar-refractivity contribution in [1.82, 2.24) is 5.32 Å². The second-order valence-electron chi connectivity index (χ2n) is 5.67. The van der Waals surface area contributed by atoms with Crippen LogP contribution in [-0.2, 0) is 6.61 Å². The van der Waals surface area contributed by atoms with Crippen LogP contribution >= 0.6 is 11.3 Å². The summed E-state index contributed by atoms with van der Waals surface area (Å²) in [5, 5.41) is 4.89. The molecule has 1 amide bonds. The molecule has 1 heterocycles. The lowest BCUT2D eigenvalue weighted by Crippen LogP contribution is -2.25. The number of benzene rings is 2. The van der Waals surface area contributed by atoms with Gasteiger partial charge in [0, 0.05) is 5.56 Å². The fourth-order valence-corrected chi connectivity index (χ4v) is 3.16. The lowest BCUT2D eigenvalue weighted by Gasteiger charge is -2.13. The monoisotopic (exact) mass is 355 g/mol. The van der Waals surface area contributed by atoms with E-state index >= 15 is 0 Å². The minimum Gasteiger partial charge on any atom is -0.489 e. The van der Waals surface area contributed by atoms with Crippen LogP contribution in [0.1, 0.15) is 33.8 Å². The van der Waals surface area contributed by atoms with E-state index in [4.69, 9.17) is 4.74 Å². The van der Waals surface area contributed by atoms with Gasteiger partial charge in [0.25, 0.3) is 5.91 Å². The molecule has 0 fully saturated rings. The zero-order valence-electron chi connectivity index (χ0n) is 13.7. The Morgan fingerprint density at radius 3 is 2.60 bits per heavy atom. The highest BCUT2D eigenvalue weighted by Gasteiger charge is 2.13. The summed E-state index contributed by atoms with van der Waals surface area (Å²) < 4.78 is 18.5. The first-order valence-corrected chi connectivity index (χ1v) is 8.81. The molecule has 3 nitrogen and oxygen atoms in total. The van der Waals surface area contributed by atoms with Gasteiger partial charge in [-0.15, -0.1) is 11.3 Å². The summed E-state index contributed by atoms with van der Waals surface area (Å²) in [6, 6.07) is 17.5. The van der Waals surface area contributed by atoms with Gasteiger partial charge < -0.3 is 10.1 Å². The Labute approximate surface area is 150 Å². The summed E-state index contributed by atoms with van der Waals surface area (Å²) in [5.74, 6) is 0.195. The fourth-order valence-electron chi connectivity index (χ4n) is 2.36. The molecule has 0 saturated carbocycles. The van der Waals surface area contributed by atoms with Crippen molar-refractivity contribution < 1.29 is 13.9 Å². The van der Waals surface area contributed by atoms with Gasteiger partial charge in [0.15, 0.2) is 0 Å². The number of halogens is 1. The van der Waals surface area contributed by atoms with Crippen LogP contribution in [0, 0.1) is 5.82 Å². The van der Waals surface area contributed by atoms with E-state index in [9.17, 15) is 9.18 Å². The average molecular weight is 355 g/mol. The lowest BCUT2D eigenvalue weighted by atomic mass is 10.1. The molecule has 1 unspecified atom stereocenters. The van der Waals surface area contributed by atoms with E-state index in [1.807, 2.05) is 48.7 Å². The number of rotatable bonds is 6. The number of carbonyl (C=O) groups is 1. The summed E-state index contributed by atoms with van der Waals surface area (Å²) in [6.45, 7) is 2.29. The maximum absolute atomic E-state index is 12.9. The zero-order chi connectivity index (χ0) is 17.6. The van der Waals surface area contributed by atoms with Gasteiger partial charge in [-0.05, 0) is 48.2 Å². The van der Waals surface area contributed by atoms with Gasteiger partial charge in [0.2, 0.25) is 0 Å². The highest BCUT2D eigenvalue weighted by Crippen LogP contribution is 2.19. The van der Waals surface area contributed by atoms with Crippen LogP contribution in [0.2, 0.25) is 0 Å². The number of amides is 1. The highest BCUT2D eigenvalue weighted by atomic mass is 32.1. The molecular weight excluding hydrogens is 337 g/mol. The van der Waals surface area contributed by atoms with Crippen LogP contribution in [0.5, 0.6) is 5.75 Å². The number of hydrogen-bond donors (Lipinski definition) is 1. The van der Waals surface area contributed by atoms with Gasteiger partial charge in [-0.3, -0.25) is 4.79 Å². The van der Waals surface area contributed by atoms with Crippen LogP contribution in [0.15, 0.2) is 66.0 Å². The fraction of sp³-hybridized carbons (Fsp3) is 0.150. The molecule has 3 rings (SSSR count). The molecule has 128 valence electrons. The predicted molar refractivity (Wildman–Crippen MR) is 97.4 cm³/mol. The van der Waals surface area contributed by atoms with Gasteiger partial charge in [0.05, 0.1) is 10.9 Å². The molecule has 3 aromatic rings. The van der Waals surface area contributed by atoms with Crippen molar-refractivity contribution in [2.45, 2.75) is 19.6 Å². The summed E-state index contributed by atoms with van der Waals surface area (Å²) in [4.78, 5) is 13.0. The molecule has 25 heavy (non-hydrogen) atoms. The molecule has 0 aliphatic carbocycles. The number of thiophene rings is 1. The van der Waals surface area contributed by atoms with E-state index in [-0.39, 0.29) is 17.8 Å². The minimum atomic E-state index is -0.297. The van der Waals surface area contributed by atoms with E-state index in [0.717, 1.165) is 11.1 Å². The molecule has 0 aliphatic heterocycles. The van der Waals surface area contributed by atoms with E-state index in [2.05, 4.69) is 5.32 Å².